The molecular weight excluding hydrogens is 327 g/mol. The van der Waals surface area contributed by atoms with Gasteiger partial charge in [-0.1, -0.05) is 6.07 Å². The summed E-state index contributed by atoms with van der Waals surface area (Å²) in [6.07, 6.45) is 4.50. The molecule has 2 aliphatic rings. The summed E-state index contributed by atoms with van der Waals surface area (Å²) in [7, 11) is 0. The monoisotopic (exact) mass is 344 g/mol. The molecule has 6 heteroatoms. The van der Waals surface area contributed by atoms with Crippen LogP contribution in [-0.4, -0.2) is 45.5 Å². The van der Waals surface area contributed by atoms with E-state index < -0.39 is 0 Å². The summed E-state index contributed by atoms with van der Waals surface area (Å²) < 4.78 is 19.3. The standard InChI is InChI=1S/C18H17FN2O2S/c19-14-4-1-3-13(7-14)17(22)21-11-18(12-21)8-16(10-24-18)23-15-5-2-6-20-9-15/h1-7,9,16H,8,10-12H2. The van der Waals surface area contributed by atoms with Gasteiger partial charge in [0.1, 0.15) is 17.7 Å². The van der Waals surface area contributed by atoms with Gasteiger partial charge in [0.2, 0.25) is 0 Å². The van der Waals surface area contributed by atoms with Crippen molar-refractivity contribution in [1.82, 2.24) is 9.88 Å². The zero-order valence-corrected chi connectivity index (χ0v) is 13.8. The molecular formula is C18H17FN2O2S. The van der Waals surface area contributed by atoms with Crippen LogP contribution in [0.5, 0.6) is 5.75 Å². The molecule has 2 aliphatic heterocycles. The fraction of sp³-hybridized carbons (Fsp3) is 0.333. The van der Waals surface area contributed by atoms with E-state index in [1.165, 1.54) is 12.1 Å². The Labute approximate surface area is 144 Å². The van der Waals surface area contributed by atoms with Crippen LogP contribution in [0.2, 0.25) is 0 Å². The minimum atomic E-state index is -0.378. The Morgan fingerprint density at radius 1 is 1.33 bits per heavy atom. The molecule has 124 valence electrons. The highest BCUT2D eigenvalue weighted by atomic mass is 32.2. The van der Waals surface area contributed by atoms with E-state index in [0.29, 0.717) is 18.7 Å². The first-order valence-corrected chi connectivity index (χ1v) is 8.88. The van der Waals surface area contributed by atoms with Crippen LogP contribution in [0.15, 0.2) is 48.8 Å². The molecule has 24 heavy (non-hydrogen) atoms. The number of ether oxygens (including phenoxy) is 1. The second-order valence-corrected chi connectivity index (χ2v) is 7.79. The second-order valence-electron chi connectivity index (χ2n) is 6.30. The predicted octanol–water partition coefficient (Wildman–Crippen LogP) is 3.00. The molecule has 4 rings (SSSR count). The van der Waals surface area contributed by atoms with Crippen LogP contribution in [0.4, 0.5) is 4.39 Å². The molecule has 0 aliphatic carbocycles. The number of thioether (sulfide) groups is 1. The van der Waals surface area contributed by atoms with Crippen molar-refractivity contribution in [3.63, 3.8) is 0 Å². The van der Waals surface area contributed by atoms with Gasteiger partial charge in [0.15, 0.2) is 0 Å². The minimum absolute atomic E-state index is 0.0792. The van der Waals surface area contributed by atoms with Crippen LogP contribution in [0.1, 0.15) is 16.8 Å². The van der Waals surface area contributed by atoms with Crippen LogP contribution in [0, 0.1) is 5.82 Å². The SMILES string of the molecule is O=C(c1cccc(F)c1)N1CC2(CC(Oc3cccnc3)CS2)C1. The number of carbonyl (C=O) groups excluding carboxylic acids is 1. The Morgan fingerprint density at radius 3 is 2.96 bits per heavy atom. The molecule has 0 saturated carbocycles. The maximum atomic E-state index is 13.3. The highest BCUT2D eigenvalue weighted by Gasteiger charge is 2.51. The first-order valence-electron chi connectivity index (χ1n) is 7.89. The molecule has 0 bridgehead atoms. The number of pyridine rings is 1. The van der Waals surface area contributed by atoms with E-state index in [-0.39, 0.29) is 22.6 Å². The first kappa shape index (κ1) is 15.4. The summed E-state index contributed by atoms with van der Waals surface area (Å²) in [5.74, 6) is 1.22. The summed E-state index contributed by atoms with van der Waals surface area (Å²) in [5.41, 5.74) is 0.413. The summed E-state index contributed by atoms with van der Waals surface area (Å²) in [4.78, 5) is 18.2. The average Bonchev–Trinajstić information content (AvgIpc) is 2.98. The topological polar surface area (TPSA) is 42.4 Å². The van der Waals surface area contributed by atoms with Gasteiger partial charge in [-0.3, -0.25) is 9.78 Å². The number of aromatic nitrogens is 1. The highest BCUT2D eigenvalue weighted by molar-refractivity contribution is 8.01. The molecule has 1 spiro atoms. The van der Waals surface area contributed by atoms with Gasteiger partial charge >= 0.3 is 0 Å². The van der Waals surface area contributed by atoms with E-state index in [1.807, 2.05) is 23.9 Å². The summed E-state index contributed by atoms with van der Waals surface area (Å²) in [6.45, 7) is 1.39. The quantitative estimate of drug-likeness (QED) is 0.858. The molecule has 1 amide bonds. The van der Waals surface area contributed by atoms with E-state index in [9.17, 15) is 9.18 Å². The molecule has 0 N–H and O–H groups in total. The molecule has 1 atom stereocenters. The number of carbonyl (C=O) groups is 1. The van der Waals surface area contributed by atoms with Gasteiger partial charge in [-0.2, -0.15) is 0 Å². The van der Waals surface area contributed by atoms with Gasteiger partial charge in [0.05, 0.1) is 10.9 Å². The van der Waals surface area contributed by atoms with Crippen molar-refractivity contribution in [2.24, 2.45) is 0 Å². The molecule has 1 aromatic carbocycles. The van der Waals surface area contributed by atoms with Crippen LogP contribution in [-0.2, 0) is 0 Å². The fourth-order valence-corrected chi connectivity index (χ4v) is 4.83. The van der Waals surface area contributed by atoms with Crippen molar-refractivity contribution >= 4 is 17.7 Å². The summed E-state index contributed by atoms with van der Waals surface area (Å²) in [6, 6.07) is 9.64. The van der Waals surface area contributed by atoms with Crippen LogP contribution in [0.3, 0.4) is 0 Å². The minimum Gasteiger partial charge on any atom is -0.488 e. The lowest BCUT2D eigenvalue weighted by Gasteiger charge is -2.47. The van der Waals surface area contributed by atoms with Gasteiger partial charge in [-0.25, -0.2) is 4.39 Å². The summed E-state index contributed by atoms with van der Waals surface area (Å²) in [5, 5.41) is 0. The van der Waals surface area contributed by atoms with Crippen LogP contribution in [0.25, 0.3) is 0 Å². The molecule has 1 aromatic heterocycles. The Balaban J connectivity index is 1.34. The van der Waals surface area contributed by atoms with E-state index in [2.05, 4.69) is 4.98 Å². The third-order valence-corrected chi connectivity index (χ3v) is 6.00. The van der Waals surface area contributed by atoms with Crippen molar-refractivity contribution < 1.29 is 13.9 Å². The lowest BCUT2D eigenvalue weighted by atomic mass is 9.92. The Morgan fingerprint density at radius 2 is 2.21 bits per heavy atom. The van der Waals surface area contributed by atoms with Crippen LogP contribution < -0.4 is 4.74 Å². The van der Waals surface area contributed by atoms with E-state index in [1.54, 1.807) is 29.4 Å². The zero-order chi connectivity index (χ0) is 16.6. The summed E-state index contributed by atoms with van der Waals surface area (Å²) >= 11 is 1.86. The normalized spacial score (nSPS) is 21.5. The van der Waals surface area contributed by atoms with Crippen LogP contribution >= 0.6 is 11.8 Å². The highest BCUT2D eigenvalue weighted by Crippen LogP contribution is 2.46. The molecule has 1 unspecified atom stereocenters. The largest absolute Gasteiger partial charge is 0.488 e. The number of hydrogen-bond acceptors (Lipinski definition) is 4. The van der Waals surface area contributed by atoms with Crippen molar-refractivity contribution in [2.45, 2.75) is 17.3 Å². The van der Waals surface area contributed by atoms with E-state index in [0.717, 1.165) is 17.9 Å². The third-order valence-electron chi connectivity index (χ3n) is 4.43. The van der Waals surface area contributed by atoms with Crippen molar-refractivity contribution in [1.29, 1.82) is 0 Å². The maximum Gasteiger partial charge on any atom is 0.254 e. The van der Waals surface area contributed by atoms with Crippen molar-refractivity contribution in [3.8, 4) is 5.75 Å². The van der Waals surface area contributed by atoms with Gasteiger partial charge in [0, 0.05) is 37.0 Å². The zero-order valence-electron chi connectivity index (χ0n) is 13.0. The molecule has 2 saturated heterocycles. The van der Waals surface area contributed by atoms with Crippen molar-refractivity contribution in [2.75, 3.05) is 18.8 Å². The fourth-order valence-electron chi connectivity index (χ4n) is 3.30. The van der Waals surface area contributed by atoms with E-state index >= 15 is 0 Å². The molecule has 2 fully saturated rings. The number of likely N-dealkylation sites (tertiary alicyclic amines) is 1. The number of amides is 1. The Hall–Kier alpha value is -2.08. The third kappa shape index (κ3) is 2.98. The van der Waals surface area contributed by atoms with Gasteiger partial charge in [-0.15, -0.1) is 11.8 Å². The molecule has 2 aromatic rings. The molecule has 3 heterocycles. The van der Waals surface area contributed by atoms with Gasteiger partial charge in [0.25, 0.3) is 5.91 Å². The lowest BCUT2D eigenvalue weighted by molar-refractivity contribution is 0.0517. The number of halogens is 1. The maximum absolute atomic E-state index is 13.3. The van der Waals surface area contributed by atoms with Gasteiger partial charge < -0.3 is 9.64 Å². The smallest absolute Gasteiger partial charge is 0.254 e. The number of nitrogens with zero attached hydrogens (tertiary/aromatic N) is 2. The Kier molecular flexibility index (Phi) is 3.92. The number of hydrogen-bond donors (Lipinski definition) is 0. The number of rotatable bonds is 3. The van der Waals surface area contributed by atoms with Gasteiger partial charge in [-0.05, 0) is 30.3 Å². The second kappa shape index (κ2) is 6.09. The van der Waals surface area contributed by atoms with E-state index in [4.69, 9.17) is 4.74 Å². The Bertz CT molecular complexity index is 750. The predicted molar refractivity (Wildman–Crippen MR) is 90.8 cm³/mol. The molecule has 4 nitrogen and oxygen atoms in total. The molecule has 0 radical (unpaired) electrons. The van der Waals surface area contributed by atoms with Crippen molar-refractivity contribution in [3.05, 3.63) is 60.2 Å². The number of benzene rings is 1. The first-order chi connectivity index (χ1) is 11.6. The average molecular weight is 344 g/mol. The lowest BCUT2D eigenvalue weighted by Crippen LogP contribution is -2.60.